The lowest BCUT2D eigenvalue weighted by Gasteiger charge is -2.38. The van der Waals surface area contributed by atoms with Gasteiger partial charge in [-0.3, -0.25) is 4.79 Å². The fraction of sp³-hybridized carbons (Fsp3) is 0.923. The normalized spacial score (nSPS) is 17.6. The second-order valence-electron chi connectivity index (χ2n) is 4.96. The lowest BCUT2D eigenvalue weighted by Crippen LogP contribution is -2.45. The molecule has 0 aromatic heterocycles. The fourth-order valence-corrected chi connectivity index (χ4v) is 2.21. The number of rotatable bonds is 8. The Morgan fingerprint density at radius 3 is 2.65 bits per heavy atom. The predicted octanol–water partition coefficient (Wildman–Crippen LogP) is 1.12. The smallest absolute Gasteiger partial charge is 0.223 e. The molecule has 1 amide bonds. The lowest BCUT2D eigenvalue weighted by atomic mass is 9.90. The van der Waals surface area contributed by atoms with Gasteiger partial charge in [-0.1, -0.05) is 13.3 Å². The summed E-state index contributed by atoms with van der Waals surface area (Å²) in [6.07, 6.45) is 5.67. The van der Waals surface area contributed by atoms with Crippen molar-refractivity contribution < 1.29 is 9.90 Å². The second-order valence-corrected chi connectivity index (χ2v) is 4.96. The van der Waals surface area contributed by atoms with Crippen molar-refractivity contribution in [1.29, 1.82) is 0 Å². The highest BCUT2D eigenvalue weighted by Gasteiger charge is 2.28. The van der Waals surface area contributed by atoms with E-state index in [9.17, 15) is 4.79 Å². The van der Waals surface area contributed by atoms with Crippen molar-refractivity contribution >= 4 is 5.91 Å². The van der Waals surface area contributed by atoms with Crippen molar-refractivity contribution in [1.82, 2.24) is 4.90 Å². The van der Waals surface area contributed by atoms with Crippen LogP contribution in [0.1, 0.15) is 45.4 Å². The van der Waals surface area contributed by atoms with E-state index >= 15 is 0 Å². The number of aliphatic hydroxyl groups is 1. The number of aliphatic hydroxyl groups excluding tert-OH is 1. The molecular formula is C13H26N2O2. The molecule has 0 saturated heterocycles. The van der Waals surface area contributed by atoms with E-state index in [1.807, 2.05) is 4.90 Å². The molecule has 1 unspecified atom stereocenters. The average Bonchev–Trinajstić information content (AvgIpc) is 2.28. The minimum Gasteiger partial charge on any atom is -0.396 e. The monoisotopic (exact) mass is 242 g/mol. The third kappa shape index (κ3) is 4.28. The van der Waals surface area contributed by atoms with E-state index in [4.69, 9.17) is 10.8 Å². The van der Waals surface area contributed by atoms with Crippen LogP contribution < -0.4 is 5.73 Å². The van der Waals surface area contributed by atoms with Gasteiger partial charge in [0.1, 0.15) is 0 Å². The molecule has 3 N–H and O–H groups in total. The molecule has 4 nitrogen and oxygen atoms in total. The Hall–Kier alpha value is -0.610. The van der Waals surface area contributed by atoms with Gasteiger partial charge in [-0.15, -0.1) is 0 Å². The molecule has 0 heterocycles. The maximum Gasteiger partial charge on any atom is 0.223 e. The summed E-state index contributed by atoms with van der Waals surface area (Å²) < 4.78 is 0. The Balaban J connectivity index is 2.46. The molecular weight excluding hydrogens is 216 g/mol. The van der Waals surface area contributed by atoms with E-state index in [0.29, 0.717) is 37.9 Å². The molecule has 0 spiro atoms. The van der Waals surface area contributed by atoms with Gasteiger partial charge in [0.05, 0.1) is 0 Å². The molecule has 4 heteroatoms. The number of amides is 1. The Labute approximate surface area is 104 Å². The van der Waals surface area contributed by atoms with E-state index in [-0.39, 0.29) is 12.5 Å². The molecule has 1 fully saturated rings. The second kappa shape index (κ2) is 7.67. The first-order valence-corrected chi connectivity index (χ1v) is 6.83. The topological polar surface area (TPSA) is 66.6 Å². The highest BCUT2D eigenvalue weighted by Crippen LogP contribution is 2.26. The quantitative estimate of drug-likeness (QED) is 0.670. The molecule has 0 radical (unpaired) electrons. The Bertz CT molecular complexity index is 225. The van der Waals surface area contributed by atoms with Gasteiger partial charge in [-0.05, 0) is 38.1 Å². The number of carbonyl (C=O) groups is 1. The number of nitrogens with two attached hydrogens (primary N) is 1. The molecule has 0 aromatic rings. The largest absolute Gasteiger partial charge is 0.396 e. The van der Waals surface area contributed by atoms with Gasteiger partial charge in [0, 0.05) is 25.6 Å². The van der Waals surface area contributed by atoms with Crippen molar-refractivity contribution in [2.75, 3.05) is 19.7 Å². The van der Waals surface area contributed by atoms with Crippen LogP contribution in [0.15, 0.2) is 0 Å². The number of hydrogen-bond donors (Lipinski definition) is 2. The van der Waals surface area contributed by atoms with Gasteiger partial charge in [-0.2, -0.15) is 0 Å². The molecule has 17 heavy (non-hydrogen) atoms. The first-order valence-electron chi connectivity index (χ1n) is 6.83. The third-order valence-corrected chi connectivity index (χ3v) is 3.77. The molecule has 0 aliphatic heterocycles. The molecule has 1 atom stereocenters. The Morgan fingerprint density at radius 2 is 2.24 bits per heavy atom. The third-order valence-electron chi connectivity index (χ3n) is 3.77. The van der Waals surface area contributed by atoms with Gasteiger partial charge >= 0.3 is 0 Å². The number of nitrogens with zero attached hydrogens (tertiary/aromatic N) is 1. The molecule has 100 valence electrons. The summed E-state index contributed by atoms with van der Waals surface area (Å²) in [5.74, 6) is 0.527. The summed E-state index contributed by atoms with van der Waals surface area (Å²) in [4.78, 5) is 14.2. The minimum atomic E-state index is 0.157. The minimum absolute atomic E-state index is 0.157. The van der Waals surface area contributed by atoms with Crippen LogP contribution in [-0.4, -0.2) is 41.7 Å². The van der Waals surface area contributed by atoms with Crippen LogP contribution in [0.5, 0.6) is 0 Å². The summed E-state index contributed by atoms with van der Waals surface area (Å²) in [5, 5.41) is 8.89. The first kappa shape index (κ1) is 14.5. The van der Waals surface area contributed by atoms with Crippen molar-refractivity contribution in [3.63, 3.8) is 0 Å². The van der Waals surface area contributed by atoms with E-state index in [1.54, 1.807) is 0 Å². The maximum absolute atomic E-state index is 12.2. The van der Waals surface area contributed by atoms with Gasteiger partial charge < -0.3 is 15.7 Å². The molecule has 0 bridgehead atoms. The van der Waals surface area contributed by atoms with Crippen LogP contribution in [0.2, 0.25) is 0 Å². The van der Waals surface area contributed by atoms with Crippen LogP contribution in [0.4, 0.5) is 0 Å². The number of carbonyl (C=O) groups excluding carboxylic acids is 1. The molecule has 1 rings (SSSR count). The SMILES string of the molecule is CCC(CN)CC(=O)N(CCCO)C1CCC1. The van der Waals surface area contributed by atoms with Crippen LogP contribution >= 0.6 is 0 Å². The zero-order valence-corrected chi connectivity index (χ0v) is 10.9. The molecule has 1 aliphatic carbocycles. The Morgan fingerprint density at radius 1 is 1.53 bits per heavy atom. The van der Waals surface area contributed by atoms with E-state index in [1.165, 1.54) is 6.42 Å². The average molecular weight is 242 g/mol. The lowest BCUT2D eigenvalue weighted by molar-refractivity contribution is -0.136. The van der Waals surface area contributed by atoms with Gasteiger partial charge in [-0.25, -0.2) is 0 Å². The summed E-state index contributed by atoms with van der Waals surface area (Å²) in [5.41, 5.74) is 5.64. The highest BCUT2D eigenvalue weighted by atomic mass is 16.3. The van der Waals surface area contributed by atoms with Crippen LogP contribution in [-0.2, 0) is 4.79 Å². The fourth-order valence-electron chi connectivity index (χ4n) is 2.21. The number of hydrogen-bond acceptors (Lipinski definition) is 3. The van der Waals surface area contributed by atoms with E-state index in [0.717, 1.165) is 19.3 Å². The van der Waals surface area contributed by atoms with Crippen molar-refractivity contribution in [3.8, 4) is 0 Å². The van der Waals surface area contributed by atoms with Gasteiger partial charge in [0.2, 0.25) is 5.91 Å². The zero-order chi connectivity index (χ0) is 12.7. The highest BCUT2D eigenvalue weighted by molar-refractivity contribution is 5.77. The van der Waals surface area contributed by atoms with Crippen LogP contribution in [0.25, 0.3) is 0 Å². The summed E-state index contributed by atoms with van der Waals surface area (Å²) in [6.45, 7) is 3.51. The van der Waals surface area contributed by atoms with E-state index < -0.39 is 0 Å². The van der Waals surface area contributed by atoms with Gasteiger partial charge in [0.25, 0.3) is 0 Å². The van der Waals surface area contributed by atoms with Crippen LogP contribution in [0.3, 0.4) is 0 Å². The predicted molar refractivity (Wildman–Crippen MR) is 68.5 cm³/mol. The summed E-state index contributed by atoms with van der Waals surface area (Å²) in [6, 6.07) is 0.421. The zero-order valence-electron chi connectivity index (χ0n) is 10.9. The van der Waals surface area contributed by atoms with Crippen molar-refractivity contribution in [2.45, 2.75) is 51.5 Å². The first-order chi connectivity index (χ1) is 8.22. The molecule has 1 aliphatic rings. The van der Waals surface area contributed by atoms with Crippen LogP contribution in [0, 0.1) is 5.92 Å². The van der Waals surface area contributed by atoms with Crippen molar-refractivity contribution in [2.24, 2.45) is 11.7 Å². The maximum atomic E-state index is 12.2. The molecule has 1 saturated carbocycles. The van der Waals surface area contributed by atoms with E-state index in [2.05, 4.69) is 6.92 Å². The van der Waals surface area contributed by atoms with Gasteiger partial charge in [0.15, 0.2) is 0 Å². The van der Waals surface area contributed by atoms with Crippen molar-refractivity contribution in [3.05, 3.63) is 0 Å². The standard InChI is InChI=1S/C13H26N2O2/c1-2-11(10-14)9-13(17)15(7-4-8-16)12-5-3-6-12/h11-12,16H,2-10,14H2,1H3. The Kier molecular flexibility index (Phi) is 6.52. The summed E-state index contributed by atoms with van der Waals surface area (Å²) in [7, 11) is 0. The summed E-state index contributed by atoms with van der Waals surface area (Å²) >= 11 is 0. The molecule has 0 aromatic carbocycles.